The van der Waals surface area contributed by atoms with Crippen LogP contribution in [0.2, 0.25) is 5.02 Å². The van der Waals surface area contributed by atoms with Gasteiger partial charge in [0.1, 0.15) is 12.0 Å². The largest absolute Gasteiger partial charge is 0.309 e. The monoisotopic (exact) mass is 395 g/mol. The number of nitrogens with zero attached hydrogens (tertiary/aromatic N) is 4. The number of hydrogen-bond donors (Lipinski definition) is 1. The third kappa shape index (κ3) is 4.10. The fraction of sp³-hybridized carbons (Fsp3) is 0.409. The molecular formula is C22H26ClN5. The van der Waals surface area contributed by atoms with Crippen molar-refractivity contribution in [1.82, 2.24) is 25.1 Å². The van der Waals surface area contributed by atoms with Crippen molar-refractivity contribution in [3.63, 3.8) is 0 Å². The van der Waals surface area contributed by atoms with Crippen LogP contribution >= 0.6 is 11.6 Å². The Bertz CT molecular complexity index is 896. The van der Waals surface area contributed by atoms with Crippen LogP contribution in [0.1, 0.15) is 37.3 Å². The molecule has 4 rings (SSSR count). The van der Waals surface area contributed by atoms with Gasteiger partial charge in [-0.1, -0.05) is 23.7 Å². The molecule has 1 fully saturated rings. The highest BCUT2D eigenvalue weighted by atomic mass is 35.5. The summed E-state index contributed by atoms with van der Waals surface area (Å²) >= 11 is 6.08. The molecule has 0 unspecified atom stereocenters. The van der Waals surface area contributed by atoms with Crippen molar-refractivity contribution in [2.75, 3.05) is 20.6 Å². The van der Waals surface area contributed by atoms with E-state index >= 15 is 0 Å². The van der Waals surface area contributed by atoms with Crippen LogP contribution in [0.15, 0.2) is 42.9 Å². The van der Waals surface area contributed by atoms with Crippen LogP contribution in [0.5, 0.6) is 0 Å². The van der Waals surface area contributed by atoms with Gasteiger partial charge in [0.2, 0.25) is 0 Å². The number of benzene rings is 1. The number of aromatic amines is 1. The molecule has 2 aromatic heterocycles. The maximum absolute atomic E-state index is 6.08. The van der Waals surface area contributed by atoms with Crippen molar-refractivity contribution >= 4 is 11.6 Å². The summed E-state index contributed by atoms with van der Waals surface area (Å²) in [6, 6.07) is 9.80. The molecular weight excluding hydrogens is 370 g/mol. The number of aromatic nitrogens is 4. The molecule has 1 N–H and O–H groups in total. The predicted molar refractivity (Wildman–Crippen MR) is 113 cm³/mol. The number of rotatable bonds is 5. The zero-order valence-electron chi connectivity index (χ0n) is 16.4. The van der Waals surface area contributed by atoms with E-state index in [4.69, 9.17) is 16.7 Å². The van der Waals surface area contributed by atoms with Gasteiger partial charge >= 0.3 is 0 Å². The second-order valence-electron chi connectivity index (χ2n) is 7.94. The molecule has 0 spiro atoms. The van der Waals surface area contributed by atoms with Gasteiger partial charge in [-0.3, -0.25) is 5.10 Å². The molecule has 6 heteroatoms. The Morgan fingerprint density at radius 3 is 2.46 bits per heavy atom. The van der Waals surface area contributed by atoms with Crippen LogP contribution in [0.25, 0.3) is 22.5 Å². The molecule has 146 valence electrons. The Labute approximate surface area is 171 Å². The Hall–Kier alpha value is -2.24. The number of halogens is 1. The topological polar surface area (TPSA) is 57.7 Å². The maximum Gasteiger partial charge on any atom is 0.116 e. The lowest BCUT2D eigenvalue weighted by molar-refractivity contribution is 0.248. The molecule has 2 heterocycles. The highest BCUT2D eigenvalue weighted by molar-refractivity contribution is 6.30. The molecule has 1 aliphatic rings. The summed E-state index contributed by atoms with van der Waals surface area (Å²) in [6.45, 7) is 1.17. The van der Waals surface area contributed by atoms with E-state index in [1.807, 2.05) is 30.3 Å². The van der Waals surface area contributed by atoms with Gasteiger partial charge in [0.15, 0.2) is 0 Å². The number of H-pyrrole nitrogens is 1. The molecule has 0 amide bonds. The van der Waals surface area contributed by atoms with Crippen LogP contribution in [0.3, 0.4) is 0 Å². The maximum atomic E-state index is 6.08. The molecule has 1 aliphatic carbocycles. The first-order valence-corrected chi connectivity index (χ1v) is 10.2. The lowest BCUT2D eigenvalue weighted by atomic mass is 9.79. The van der Waals surface area contributed by atoms with Crippen molar-refractivity contribution in [1.29, 1.82) is 0 Å². The van der Waals surface area contributed by atoms with Crippen molar-refractivity contribution in [2.45, 2.75) is 31.6 Å². The summed E-state index contributed by atoms with van der Waals surface area (Å²) < 4.78 is 0. The lowest BCUT2D eigenvalue weighted by Crippen LogP contribution is -2.25. The van der Waals surface area contributed by atoms with E-state index in [0.29, 0.717) is 5.92 Å². The predicted octanol–water partition coefficient (Wildman–Crippen LogP) is 5.02. The van der Waals surface area contributed by atoms with Gasteiger partial charge in [-0.2, -0.15) is 5.10 Å². The zero-order valence-corrected chi connectivity index (χ0v) is 17.2. The van der Waals surface area contributed by atoms with Crippen molar-refractivity contribution in [2.24, 2.45) is 5.92 Å². The minimum absolute atomic E-state index is 0.483. The summed E-state index contributed by atoms with van der Waals surface area (Å²) in [7, 11) is 4.32. The molecule has 0 aliphatic heterocycles. The van der Waals surface area contributed by atoms with E-state index in [0.717, 1.165) is 33.5 Å². The van der Waals surface area contributed by atoms with Crippen LogP contribution in [-0.4, -0.2) is 45.7 Å². The summed E-state index contributed by atoms with van der Waals surface area (Å²) in [5.41, 5.74) is 5.19. The molecule has 1 aromatic carbocycles. The van der Waals surface area contributed by atoms with E-state index in [1.165, 1.54) is 37.9 Å². The summed E-state index contributed by atoms with van der Waals surface area (Å²) in [6.07, 6.45) is 8.25. The normalized spacial score (nSPS) is 19.9. The van der Waals surface area contributed by atoms with E-state index in [1.54, 1.807) is 12.5 Å². The zero-order chi connectivity index (χ0) is 19.5. The number of nitrogens with one attached hydrogen (secondary N) is 1. The molecule has 0 bridgehead atoms. The first kappa shape index (κ1) is 19.1. The van der Waals surface area contributed by atoms with Crippen LogP contribution in [-0.2, 0) is 0 Å². The Morgan fingerprint density at radius 1 is 1.07 bits per heavy atom. The molecule has 28 heavy (non-hydrogen) atoms. The van der Waals surface area contributed by atoms with Crippen molar-refractivity contribution in [3.05, 3.63) is 53.6 Å². The molecule has 0 radical (unpaired) electrons. The van der Waals surface area contributed by atoms with Gasteiger partial charge in [-0.05, 0) is 63.9 Å². The highest BCUT2D eigenvalue weighted by Crippen LogP contribution is 2.42. The highest BCUT2D eigenvalue weighted by Gasteiger charge is 2.28. The van der Waals surface area contributed by atoms with Gasteiger partial charge in [0.05, 0.1) is 5.69 Å². The van der Waals surface area contributed by atoms with Crippen molar-refractivity contribution in [3.8, 4) is 22.5 Å². The smallest absolute Gasteiger partial charge is 0.116 e. The van der Waals surface area contributed by atoms with E-state index < -0.39 is 0 Å². The number of hydrogen-bond acceptors (Lipinski definition) is 4. The SMILES string of the molecule is CN(C)CC1CCC(c2[nH]nc(-c3ccc(Cl)cc3)c2-c2ccncn2)CC1. The van der Waals surface area contributed by atoms with E-state index in [-0.39, 0.29) is 0 Å². The molecule has 0 atom stereocenters. The molecule has 3 aromatic rings. The molecule has 0 saturated heterocycles. The minimum Gasteiger partial charge on any atom is -0.309 e. The Kier molecular flexibility index (Phi) is 5.74. The quantitative estimate of drug-likeness (QED) is 0.658. The van der Waals surface area contributed by atoms with Gasteiger partial charge in [0.25, 0.3) is 0 Å². The standard InChI is InChI=1S/C22H26ClN5/c1-28(2)13-15-3-5-16(6-4-15)21-20(19-11-12-24-14-25-19)22(27-26-21)17-7-9-18(23)10-8-17/h7-12,14-16H,3-6,13H2,1-2H3,(H,26,27). The minimum atomic E-state index is 0.483. The third-order valence-electron chi connectivity index (χ3n) is 5.63. The van der Waals surface area contributed by atoms with Gasteiger partial charge in [-0.25, -0.2) is 9.97 Å². The Balaban J connectivity index is 1.68. The third-order valence-corrected chi connectivity index (χ3v) is 5.88. The van der Waals surface area contributed by atoms with Gasteiger partial charge in [0, 0.05) is 40.5 Å². The fourth-order valence-corrected chi connectivity index (χ4v) is 4.44. The lowest BCUT2D eigenvalue weighted by Gasteiger charge is -2.30. The first-order chi connectivity index (χ1) is 13.6. The summed E-state index contributed by atoms with van der Waals surface area (Å²) in [5, 5.41) is 8.78. The summed E-state index contributed by atoms with van der Waals surface area (Å²) in [5.74, 6) is 1.27. The van der Waals surface area contributed by atoms with Crippen LogP contribution < -0.4 is 0 Å². The Morgan fingerprint density at radius 2 is 1.82 bits per heavy atom. The van der Waals surface area contributed by atoms with Gasteiger partial charge < -0.3 is 4.90 Å². The van der Waals surface area contributed by atoms with E-state index in [2.05, 4.69) is 34.1 Å². The van der Waals surface area contributed by atoms with Crippen LogP contribution in [0.4, 0.5) is 0 Å². The average molecular weight is 396 g/mol. The van der Waals surface area contributed by atoms with E-state index in [9.17, 15) is 0 Å². The van der Waals surface area contributed by atoms with Gasteiger partial charge in [-0.15, -0.1) is 0 Å². The van der Waals surface area contributed by atoms with Crippen LogP contribution in [0, 0.1) is 5.92 Å². The first-order valence-electron chi connectivity index (χ1n) is 9.87. The fourth-order valence-electron chi connectivity index (χ4n) is 4.32. The average Bonchev–Trinajstić information content (AvgIpc) is 3.14. The van der Waals surface area contributed by atoms with Crippen molar-refractivity contribution < 1.29 is 0 Å². The second kappa shape index (κ2) is 8.41. The second-order valence-corrected chi connectivity index (χ2v) is 8.38. The molecule has 5 nitrogen and oxygen atoms in total. The summed E-state index contributed by atoms with van der Waals surface area (Å²) in [4.78, 5) is 10.9. The molecule has 1 saturated carbocycles.